The van der Waals surface area contributed by atoms with Gasteiger partial charge in [-0.2, -0.15) is 0 Å². The Morgan fingerprint density at radius 2 is 2.14 bits per heavy atom. The summed E-state index contributed by atoms with van der Waals surface area (Å²) in [6.07, 6.45) is 1.56. The Labute approximate surface area is 128 Å². The third kappa shape index (κ3) is 3.86. The predicted octanol–water partition coefficient (Wildman–Crippen LogP) is 3.36. The van der Waals surface area contributed by atoms with Crippen LogP contribution in [0.3, 0.4) is 0 Å². The number of ether oxygens (including phenoxy) is 1. The summed E-state index contributed by atoms with van der Waals surface area (Å²) in [5.41, 5.74) is 6.97. The Morgan fingerprint density at radius 3 is 2.81 bits per heavy atom. The maximum absolute atomic E-state index is 12.2. The summed E-state index contributed by atoms with van der Waals surface area (Å²) >= 11 is 5.84. The molecule has 0 saturated heterocycles. The summed E-state index contributed by atoms with van der Waals surface area (Å²) in [6, 6.07) is 8.16. The van der Waals surface area contributed by atoms with Crippen molar-refractivity contribution in [1.82, 2.24) is 4.98 Å². The zero-order valence-corrected chi connectivity index (χ0v) is 12.5. The van der Waals surface area contributed by atoms with Crippen LogP contribution in [0.4, 0.5) is 11.4 Å². The molecule has 2 aromatic rings. The molecule has 6 heteroatoms. The average molecular weight is 306 g/mol. The Balaban J connectivity index is 2.21. The molecule has 0 unspecified atom stereocenters. The van der Waals surface area contributed by atoms with Crippen LogP contribution in [0.15, 0.2) is 36.5 Å². The number of aromatic nitrogens is 1. The van der Waals surface area contributed by atoms with E-state index >= 15 is 0 Å². The lowest BCUT2D eigenvalue weighted by Gasteiger charge is -2.13. The highest BCUT2D eigenvalue weighted by Gasteiger charge is 2.12. The van der Waals surface area contributed by atoms with Gasteiger partial charge in [0.25, 0.3) is 5.91 Å². The number of anilines is 2. The van der Waals surface area contributed by atoms with Crippen LogP contribution < -0.4 is 15.8 Å². The highest BCUT2D eigenvalue weighted by atomic mass is 35.5. The Kier molecular flexibility index (Phi) is 4.65. The summed E-state index contributed by atoms with van der Waals surface area (Å²) in [7, 11) is 0. The van der Waals surface area contributed by atoms with Gasteiger partial charge in [-0.3, -0.25) is 4.79 Å². The number of nitrogens with zero attached hydrogens (tertiary/aromatic N) is 1. The van der Waals surface area contributed by atoms with E-state index < -0.39 is 0 Å². The number of amides is 1. The molecule has 110 valence electrons. The number of carbonyl (C=O) groups excluding carboxylic acids is 1. The molecule has 0 radical (unpaired) electrons. The maximum atomic E-state index is 12.2. The fraction of sp³-hybridized carbons (Fsp3) is 0.200. The first-order valence-electron chi connectivity index (χ1n) is 6.45. The SMILES string of the molecule is CC(C)Oc1ncccc1NC(=O)c1ccc(Cl)c(N)c1. The first kappa shape index (κ1) is 15.1. The van der Waals surface area contributed by atoms with Crippen molar-refractivity contribution in [3.05, 3.63) is 47.1 Å². The Bertz CT molecular complexity index is 659. The minimum Gasteiger partial charge on any atom is -0.473 e. The van der Waals surface area contributed by atoms with E-state index in [1.54, 1.807) is 30.5 Å². The molecule has 0 spiro atoms. The number of pyridine rings is 1. The molecule has 1 aromatic carbocycles. The summed E-state index contributed by atoms with van der Waals surface area (Å²) in [5, 5.41) is 3.17. The molecule has 0 fully saturated rings. The molecule has 0 bridgehead atoms. The van der Waals surface area contributed by atoms with Gasteiger partial charge in [-0.25, -0.2) is 4.98 Å². The van der Waals surface area contributed by atoms with Crippen molar-refractivity contribution in [2.24, 2.45) is 0 Å². The van der Waals surface area contributed by atoms with Gasteiger partial charge in [0.15, 0.2) is 0 Å². The number of hydrogen-bond acceptors (Lipinski definition) is 4. The molecule has 3 N–H and O–H groups in total. The lowest BCUT2D eigenvalue weighted by Crippen LogP contribution is -2.15. The van der Waals surface area contributed by atoms with Crippen LogP contribution in [-0.2, 0) is 0 Å². The molecule has 1 heterocycles. The summed E-state index contributed by atoms with van der Waals surface area (Å²) in [5.74, 6) is 0.0720. The Morgan fingerprint density at radius 1 is 1.38 bits per heavy atom. The van der Waals surface area contributed by atoms with E-state index in [1.807, 2.05) is 13.8 Å². The maximum Gasteiger partial charge on any atom is 0.255 e. The number of nitrogen functional groups attached to an aromatic ring is 1. The second-order valence-electron chi connectivity index (χ2n) is 4.71. The van der Waals surface area contributed by atoms with Crippen molar-refractivity contribution in [2.45, 2.75) is 20.0 Å². The fourth-order valence-electron chi connectivity index (χ4n) is 1.68. The average Bonchev–Trinajstić information content (AvgIpc) is 2.43. The topological polar surface area (TPSA) is 77.2 Å². The third-order valence-corrected chi connectivity index (χ3v) is 2.97. The highest BCUT2D eigenvalue weighted by Crippen LogP contribution is 2.24. The largest absolute Gasteiger partial charge is 0.473 e. The lowest BCUT2D eigenvalue weighted by molar-refractivity contribution is 0.102. The molecule has 0 aliphatic heterocycles. The van der Waals surface area contributed by atoms with E-state index in [9.17, 15) is 4.79 Å². The van der Waals surface area contributed by atoms with Crippen molar-refractivity contribution in [3.8, 4) is 5.88 Å². The van der Waals surface area contributed by atoms with E-state index in [1.165, 1.54) is 6.07 Å². The van der Waals surface area contributed by atoms with Crippen molar-refractivity contribution < 1.29 is 9.53 Å². The molecule has 2 rings (SSSR count). The minimum atomic E-state index is -0.306. The number of nitrogens with two attached hydrogens (primary N) is 1. The van der Waals surface area contributed by atoms with Crippen LogP contribution in [0.1, 0.15) is 24.2 Å². The summed E-state index contributed by atoms with van der Waals surface area (Å²) < 4.78 is 5.55. The monoisotopic (exact) mass is 305 g/mol. The number of nitrogens with one attached hydrogen (secondary N) is 1. The van der Waals surface area contributed by atoms with Crippen LogP contribution >= 0.6 is 11.6 Å². The molecule has 0 aliphatic carbocycles. The van der Waals surface area contributed by atoms with E-state index in [2.05, 4.69) is 10.3 Å². The van der Waals surface area contributed by atoms with Gasteiger partial charge < -0.3 is 15.8 Å². The minimum absolute atomic E-state index is 0.0401. The molecular formula is C15H16ClN3O2. The van der Waals surface area contributed by atoms with Crippen molar-refractivity contribution in [2.75, 3.05) is 11.1 Å². The number of rotatable bonds is 4. The molecule has 1 aromatic heterocycles. The van der Waals surface area contributed by atoms with Gasteiger partial charge in [-0.05, 0) is 44.2 Å². The second kappa shape index (κ2) is 6.45. The molecular weight excluding hydrogens is 290 g/mol. The zero-order valence-electron chi connectivity index (χ0n) is 11.8. The molecule has 5 nitrogen and oxygen atoms in total. The number of halogens is 1. The highest BCUT2D eigenvalue weighted by molar-refractivity contribution is 6.33. The van der Waals surface area contributed by atoms with E-state index in [-0.39, 0.29) is 12.0 Å². The smallest absolute Gasteiger partial charge is 0.255 e. The van der Waals surface area contributed by atoms with E-state index in [0.717, 1.165) is 0 Å². The van der Waals surface area contributed by atoms with Gasteiger partial charge in [-0.15, -0.1) is 0 Å². The van der Waals surface area contributed by atoms with Gasteiger partial charge in [0, 0.05) is 11.8 Å². The van der Waals surface area contributed by atoms with Crippen LogP contribution in [0, 0.1) is 0 Å². The van der Waals surface area contributed by atoms with Crippen LogP contribution in [0.2, 0.25) is 5.02 Å². The third-order valence-electron chi connectivity index (χ3n) is 2.62. The zero-order chi connectivity index (χ0) is 15.4. The van der Waals surface area contributed by atoms with Gasteiger partial charge in [-0.1, -0.05) is 11.6 Å². The standard InChI is InChI=1S/C15H16ClN3O2/c1-9(2)21-15-13(4-3-7-18-15)19-14(20)10-5-6-11(16)12(17)8-10/h3-9H,17H2,1-2H3,(H,19,20). The quantitative estimate of drug-likeness (QED) is 0.849. The molecule has 1 amide bonds. The summed E-state index contributed by atoms with van der Waals surface area (Å²) in [6.45, 7) is 3.78. The van der Waals surface area contributed by atoms with Crippen LogP contribution in [0.25, 0.3) is 0 Å². The van der Waals surface area contributed by atoms with Gasteiger partial charge in [0.05, 0.1) is 16.8 Å². The number of carbonyl (C=O) groups is 1. The normalized spacial score (nSPS) is 10.5. The number of hydrogen-bond donors (Lipinski definition) is 2. The van der Waals surface area contributed by atoms with Crippen molar-refractivity contribution in [1.29, 1.82) is 0 Å². The first-order valence-corrected chi connectivity index (χ1v) is 6.83. The van der Waals surface area contributed by atoms with E-state index in [4.69, 9.17) is 22.1 Å². The van der Waals surface area contributed by atoms with Crippen LogP contribution in [0.5, 0.6) is 5.88 Å². The molecule has 0 saturated carbocycles. The molecule has 21 heavy (non-hydrogen) atoms. The van der Waals surface area contributed by atoms with Crippen molar-refractivity contribution >= 4 is 28.9 Å². The Hall–Kier alpha value is -2.27. The first-order chi connectivity index (χ1) is 9.97. The molecule has 0 aliphatic rings. The number of benzene rings is 1. The molecule has 0 atom stereocenters. The summed E-state index contributed by atoms with van der Waals surface area (Å²) in [4.78, 5) is 16.3. The fourth-order valence-corrected chi connectivity index (χ4v) is 1.80. The lowest BCUT2D eigenvalue weighted by atomic mass is 10.2. The second-order valence-corrected chi connectivity index (χ2v) is 5.12. The van der Waals surface area contributed by atoms with Crippen LogP contribution in [-0.4, -0.2) is 17.0 Å². The van der Waals surface area contributed by atoms with Crippen molar-refractivity contribution in [3.63, 3.8) is 0 Å². The predicted molar refractivity (Wildman–Crippen MR) is 83.8 cm³/mol. The van der Waals surface area contributed by atoms with Gasteiger partial charge >= 0.3 is 0 Å². The van der Waals surface area contributed by atoms with E-state index in [0.29, 0.717) is 27.8 Å². The van der Waals surface area contributed by atoms with Gasteiger partial charge in [0.2, 0.25) is 5.88 Å². The van der Waals surface area contributed by atoms with Gasteiger partial charge in [0.1, 0.15) is 5.69 Å².